The summed E-state index contributed by atoms with van der Waals surface area (Å²) in [6, 6.07) is 9.83. The lowest BCUT2D eigenvalue weighted by molar-refractivity contribution is 0.583. The topological polar surface area (TPSA) is 68.5 Å². The van der Waals surface area contributed by atoms with Crippen molar-refractivity contribution in [2.75, 3.05) is 11.9 Å². The van der Waals surface area contributed by atoms with Crippen molar-refractivity contribution in [2.45, 2.75) is 32.6 Å². The quantitative estimate of drug-likeness (QED) is 0.779. The maximum Gasteiger partial charge on any atom is 0.247 e. The molecule has 2 aromatic heterocycles. The van der Waals surface area contributed by atoms with E-state index in [2.05, 4.69) is 47.0 Å². The van der Waals surface area contributed by atoms with Crippen molar-refractivity contribution in [2.24, 2.45) is 0 Å². The highest BCUT2D eigenvalue weighted by Gasteiger charge is 2.17. The molecule has 6 nitrogen and oxygen atoms in total. The van der Waals surface area contributed by atoms with Crippen LogP contribution >= 0.6 is 11.3 Å². The highest BCUT2D eigenvalue weighted by molar-refractivity contribution is 7.09. The Labute approximate surface area is 139 Å². The monoisotopic (exact) mass is 328 g/mol. The number of para-hydroxylation sites is 1. The molecule has 3 aromatic rings. The predicted octanol–water partition coefficient (Wildman–Crippen LogP) is 3.07. The van der Waals surface area contributed by atoms with Crippen LogP contribution in [0.2, 0.25) is 0 Å². The molecule has 1 N–H and O–H groups in total. The minimum Gasteiger partial charge on any atom is -0.352 e. The van der Waals surface area contributed by atoms with Crippen LogP contribution in [0, 0.1) is 0 Å². The summed E-state index contributed by atoms with van der Waals surface area (Å²) in [7, 11) is 0. The molecule has 0 saturated heterocycles. The molecule has 0 fully saturated rings. The molecule has 23 heavy (non-hydrogen) atoms. The van der Waals surface area contributed by atoms with Gasteiger partial charge in [-0.3, -0.25) is 0 Å². The number of thiazole rings is 1. The number of nitrogens with zero attached hydrogens (tertiary/aromatic N) is 5. The van der Waals surface area contributed by atoms with Crippen molar-refractivity contribution in [3.05, 3.63) is 46.4 Å². The number of hydrogen-bond donors (Lipinski definition) is 1. The zero-order chi connectivity index (χ0) is 16.3. The molecule has 3 rings (SSSR count). The molecular weight excluding hydrogens is 308 g/mol. The van der Waals surface area contributed by atoms with Crippen LogP contribution < -0.4 is 5.32 Å². The average Bonchev–Trinajstić information content (AvgIpc) is 3.17. The van der Waals surface area contributed by atoms with Crippen LogP contribution in [-0.4, -0.2) is 31.7 Å². The molecule has 0 spiro atoms. The highest BCUT2D eigenvalue weighted by atomic mass is 32.1. The van der Waals surface area contributed by atoms with Crippen LogP contribution in [0.25, 0.3) is 5.69 Å². The van der Waals surface area contributed by atoms with Gasteiger partial charge in [0.05, 0.1) is 16.4 Å². The highest BCUT2D eigenvalue weighted by Crippen LogP contribution is 2.25. The van der Waals surface area contributed by atoms with E-state index in [1.54, 1.807) is 16.0 Å². The van der Waals surface area contributed by atoms with E-state index in [0.717, 1.165) is 24.3 Å². The van der Waals surface area contributed by atoms with Gasteiger partial charge in [-0.15, -0.1) is 11.3 Å². The van der Waals surface area contributed by atoms with Gasteiger partial charge in [0, 0.05) is 23.8 Å². The molecule has 2 heterocycles. The van der Waals surface area contributed by atoms with Crippen molar-refractivity contribution in [1.29, 1.82) is 0 Å². The molecule has 0 atom stereocenters. The Bertz CT molecular complexity index is 756. The number of rotatable bonds is 5. The predicted molar refractivity (Wildman–Crippen MR) is 92.2 cm³/mol. The lowest BCUT2D eigenvalue weighted by Gasteiger charge is -2.13. The first-order valence-electron chi connectivity index (χ1n) is 7.56. The van der Waals surface area contributed by atoms with Crippen LogP contribution in [-0.2, 0) is 11.8 Å². The fourth-order valence-corrected chi connectivity index (χ4v) is 3.05. The van der Waals surface area contributed by atoms with E-state index in [4.69, 9.17) is 4.98 Å². The maximum atomic E-state index is 4.70. The lowest BCUT2D eigenvalue weighted by Crippen LogP contribution is -2.12. The second-order valence-electron chi connectivity index (χ2n) is 6.32. The summed E-state index contributed by atoms with van der Waals surface area (Å²) >= 11 is 1.72. The van der Waals surface area contributed by atoms with Crippen molar-refractivity contribution < 1.29 is 0 Å². The second kappa shape index (κ2) is 6.45. The van der Waals surface area contributed by atoms with E-state index >= 15 is 0 Å². The third kappa shape index (κ3) is 3.73. The zero-order valence-electron chi connectivity index (χ0n) is 13.5. The van der Waals surface area contributed by atoms with Crippen LogP contribution in [0.3, 0.4) is 0 Å². The van der Waals surface area contributed by atoms with Crippen LogP contribution in [0.1, 0.15) is 31.5 Å². The van der Waals surface area contributed by atoms with Gasteiger partial charge in [-0.25, -0.2) is 4.98 Å². The van der Waals surface area contributed by atoms with E-state index in [1.165, 1.54) is 5.01 Å². The SMILES string of the molecule is CC(C)(C)c1nc(CCNc2nnnn2-c2ccccc2)cs1. The smallest absolute Gasteiger partial charge is 0.247 e. The molecule has 0 aliphatic carbocycles. The maximum absolute atomic E-state index is 4.70. The van der Waals surface area contributed by atoms with Gasteiger partial charge >= 0.3 is 0 Å². The number of aromatic nitrogens is 5. The molecule has 120 valence electrons. The molecule has 0 aliphatic rings. The van der Waals surface area contributed by atoms with E-state index in [9.17, 15) is 0 Å². The summed E-state index contributed by atoms with van der Waals surface area (Å²) in [5.41, 5.74) is 2.14. The van der Waals surface area contributed by atoms with Crippen molar-refractivity contribution >= 4 is 17.3 Å². The third-order valence-corrected chi connectivity index (χ3v) is 4.64. The van der Waals surface area contributed by atoms with E-state index in [0.29, 0.717) is 5.95 Å². The van der Waals surface area contributed by atoms with Crippen LogP contribution in [0.5, 0.6) is 0 Å². The van der Waals surface area contributed by atoms with E-state index in [-0.39, 0.29) is 5.41 Å². The fraction of sp³-hybridized carbons (Fsp3) is 0.375. The van der Waals surface area contributed by atoms with Crippen molar-refractivity contribution in [3.8, 4) is 5.69 Å². The normalized spacial score (nSPS) is 11.6. The first kappa shape index (κ1) is 15.6. The Balaban J connectivity index is 1.62. The Morgan fingerprint density at radius 3 is 2.65 bits per heavy atom. The summed E-state index contributed by atoms with van der Waals surface area (Å²) in [5.74, 6) is 0.641. The van der Waals surface area contributed by atoms with Crippen molar-refractivity contribution in [1.82, 2.24) is 25.2 Å². The number of nitrogens with one attached hydrogen (secondary N) is 1. The van der Waals surface area contributed by atoms with Gasteiger partial charge in [0.2, 0.25) is 5.95 Å². The minimum atomic E-state index is 0.105. The summed E-state index contributed by atoms with van der Waals surface area (Å²) in [5, 5.41) is 18.4. The van der Waals surface area contributed by atoms with Crippen LogP contribution in [0.4, 0.5) is 5.95 Å². The van der Waals surface area contributed by atoms with Gasteiger partial charge < -0.3 is 5.32 Å². The van der Waals surface area contributed by atoms with Gasteiger partial charge in [-0.2, -0.15) is 4.68 Å². The molecule has 7 heteroatoms. The Morgan fingerprint density at radius 2 is 1.96 bits per heavy atom. The number of hydrogen-bond acceptors (Lipinski definition) is 6. The number of anilines is 1. The van der Waals surface area contributed by atoms with Crippen molar-refractivity contribution in [3.63, 3.8) is 0 Å². The van der Waals surface area contributed by atoms with Gasteiger partial charge in [0.1, 0.15) is 0 Å². The number of tetrazole rings is 1. The molecule has 0 saturated carbocycles. The Hall–Kier alpha value is -2.28. The summed E-state index contributed by atoms with van der Waals surface area (Å²) in [6.45, 7) is 7.28. The molecular formula is C16H20N6S. The fourth-order valence-electron chi connectivity index (χ4n) is 2.11. The van der Waals surface area contributed by atoms with Gasteiger partial charge in [0.25, 0.3) is 0 Å². The molecule has 0 unspecified atom stereocenters. The third-order valence-electron chi connectivity index (χ3n) is 3.33. The standard InChI is InChI=1S/C16H20N6S/c1-16(2,3)14-18-12(11-23-14)9-10-17-15-19-20-21-22(15)13-7-5-4-6-8-13/h4-8,11H,9-10H2,1-3H3,(H,17,19,21). The second-order valence-corrected chi connectivity index (χ2v) is 7.18. The zero-order valence-corrected chi connectivity index (χ0v) is 14.3. The van der Waals surface area contributed by atoms with Gasteiger partial charge in [0.15, 0.2) is 0 Å². The Morgan fingerprint density at radius 1 is 1.17 bits per heavy atom. The molecule has 0 bridgehead atoms. The molecule has 0 radical (unpaired) electrons. The van der Waals surface area contributed by atoms with Crippen LogP contribution in [0.15, 0.2) is 35.7 Å². The summed E-state index contributed by atoms with van der Waals surface area (Å²) in [6.07, 6.45) is 0.841. The molecule has 0 amide bonds. The van der Waals surface area contributed by atoms with E-state index in [1.807, 2.05) is 30.3 Å². The Kier molecular flexibility index (Phi) is 4.38. The first-order chi connectivity index (χ1) is 11.0. The van der Waals surface area contributed by atoms with E-state index < -0.39 is 0 Å². The largest absolute Gasteiger partial charge is 0.352 e. The average molecular weight is 328 g/mol. The summed E-state index contributed by atoms with van der Waals surface area (Å²) in [4.78, 5) is 4.70. The van der Waals surface area contributed by atoms with Gasteiger partial charge in [-0.05, 0) is 22.6 Å². The first-order valence-corrected chi connectivity index (χ1v) is 8.44. The van der Waals surface area contributed by atoms with Gasteiger partial charge in [-0.1, -0.05) is 44.1 Å². The minimum absolute atomic E-state index is 0.105. The molecule has 0 aliphatic heterocycles. The molecule has 1 aromatic carbocycles. The number of benzene rings is 1. The summed E-state index contributed by atoms with van der Waals surface area (Å²) < 4.78 is 1.70. The lowest BCUT2D eigenvalue weighted by atomic mass is 9.98.